The van der Waals surface area contributed by atoms with Gasteiger partial charge in [-0.1, -0.05) is 65.8 Å². The van der Waals surface area contributed by atoms with E-state index in [0.717, 1.165) is 35.3 Å². The number of alkyl halides is 3. The predicted octanol–water partition coefficient (Wildman–Crippen LogP) is 1.97. The number of esters is 1. The van der Waals surface area contributed by atoms with Crippen LogP contribution < -0.4 is 26.0 Å². The van der Waals surface area contributed by atoms with Crippen LogP contribution in [0.1, 0.15) is 46.1 Å². The number of hydrogen-bond donors (Lipinski definition) is 3. The average molecular weight is 852 g/mol. The van der Waals surface area contributed by atoms with E-state index in [1.807, 2.05) is 60.7 Å². The highest BCUT2D eigenvalue weighted by molar-refractivity contribution is 8.00. The van der Waals surface area contributed by atoms with Crippen LogP contribution in [0.25, 0.3) is 0 Å². The van der Waals surface area contributed by atoms with E-state index in [9.17, 15) is 37.1 Å². The summed E-state index contributed by atoms with van der Waals surface area (Å²) in [6, 6.07) is 20.8. The average Bonchev–Trinajstić information content (AvgIpc) is 3.95. The lowest BCUT2D eigenvalue weighted by atomic mass is 10.0. The SMILES string of the molecule is NC(=O)c1cc[n+](CC2=C(C(=O)OC(c3ccccc3)c3ccccc3)N3C(=O)[C@@H](NC(=O)C(=NOC4CC4)c4csc(NC=O)n4)[C@@H]3SC2)cc1.O=C([O-])C(F)(F)F. The fourth-order valence-electron chi connectivity index (χ4n) is 5.70. The number of benzene rings is 2. The Bertz CT molecular complexity index is 2250. The number of carbonyl (C=O) groups excluding carboxylic acids is 6. The van der Waals surface area contributed by atoms with Crippen LogP contribution in [0.4, 0.5) is 18.3 Å². The normalized spacial score (nSPS) is 17.5. The minimum Gasteiger partial charge on any atom is -0.542 e. The van der Waals surface area contributed by atoms with Crippen molar-refractivity contribution in [1.82, 2.24) is 15.2 Å². The second-order valence-electron chi connectivity index (χ2n) is 12.9. The molecular weight excluding hydrogens is 820 g/mol. The molecule has 0 spiro atoms. The number of amides is 4. The zero-order valence-electron chi connectivity index (χ0n) is 30.4. The minimum absolute atomic E-state index is 0.0811. The highest BCUT2D eigenvalue weighted by atomic mass is 32.2. The van der Waals surface area contributed by atoms with E-state index in [0.29, 0.717) is 23.3 Å². The van der Waals surface area contributed by atoms with E-state index in [1.54, 1.807) is 34.5 Å². The van der Waals surface area contributed by atoms with Crippen molar-refractivity contribution < 1.29 is 61.2 Å². The van der Waals surface area contributed by atoms with E-state index >= 15 is 0 Å². The van der Waals surface area contributed by atoms with E-state index in [1.165, 1.54) is 16.7 Å². The van der Waals surface area contributed by atoms with E-state index in [-0.39, 0.29) is 34.9 Å². The van der Waals surface area contributed by atoms with E-state index in [4.69, 9.17) is 25.2 Å². The number of thiazole rings is 1. The van der Waals surface area contributed by atoms with Gasteiger partial charge >= 0.3 is 12.1 Å². The molecule has 306 valence electrons. The number of nitrogens with two attached hydrogens (primary N) is 1. The summed E-state index contributed by atoms with van der Waals surface area (Å²) in [7, 11) is 0. The number of hydrogen-bond acceptors (Lipinski definition) is 13. The first-order valence-corrected chi connectivity index (χ1v) is 19.4. The van der Waals surface area contributed by atoms with Gasteiger partial charge in [-0.3, -0.25) is 24.1 Å². The molecule has 59 heavy (non-hydrogen) atoms. The number of anilines is 1. The van der Waals surface area contributed by atoms with Gasteiger partial charge in [0.15, 0.2) is 35.9 Å². The number of halogens is 3. The third-order valence-corrected chi connectivity index (χ3v) is 10.8. The van der Waals surface area contributed by atoms with Gasteiger partial charge in [0.05, 0.1) is 5.56 Å². The number of aliphatic carboxylic acids is 1. The number of pyridine rings is 1. The predicted molar refractivity (Wildman–Crippen MR) is 202 cm³/mol. The second-order valence-corrected chi connectivity index (χ2v) is 14.8. The molecule has 21 heteroatoms. The molecule has 2 aromatic carbocycles. The van der Waals surface area contributed by atoms with Crippen LogP contribution in [-0.2, 0) is 40.1 Å². The van der Waals surface area contributed by atoms with Gasteiger partial charge in [0.25, 0.3) is 11.8 Å². The summed E-state index contributed by atoms with van der Waals surface area (Å²) in [6.07, 6.45) is -0.650. The Labute approximate surface area is 340 Å². The molecule has 2 fully saturated rings. The molecule has 7 rings (SSSR count). The third-order valence-electron chi connectivity index (χ3n) is 8.70. The highest BCUT2D eigenvalue weighted by Crippen LogP contribution is 2.42. The van der Waals surface area contributed by atoms with Crippen LogP contribution in [0.15, 0.2) is 107 Å². The number of carbonyl (C=O) groups is 6. The standard InChI is InChI=1S/C36H31N7O7S2.C2HF3O2/c37-31(45)23-13-15-42(16-14-23)17-24-18-51-34-28(40-32(46)27(41-50-25-11-12-25)26-19-52-36(39-26)38-20-44)33(47)43(34)29(24)35(48)49-30(21-7-3-1-4-8-21)22-9-5-2-6-10-22;3-2(4,5)1(6)7/h1-10,13-16,19-20,25,28,30,34H,11-12,17-18H2,(H3-,37,38,39,40,44,45,46);(H,6,7)/t28-,34+;/m1./s1. The number of nitrogens with zero attached hydrogens (tertiary/aromatic N) is 4. The molecule has 16 nitrogen and oxygen atoms in total. The molecule has 2 aliphatic heterocycles. The summed E-state index contributed by atoms with van der Waals surface area (Å²) < 4.78 is 39.6. The monoisotopic (exact) mass is 851 g/mol. The third kappa shape index (κ3) is 10.3. The quantitative estimate of drug-likeness (QED) is 0.0415. The topological polar surface area (TPSA) is 226 Å². The number of aromatic nitrogens is 2. The van der Waals surface area contributed by atoms with Gasteiger partial charge < -0.3 is 35.8 Å². The summed E-state index contributed by atoms with van der Waals surface area (Å²) in [6.45, 7) is 0.210. The van der Waals surface area contributed by atoms with Crippen molar-refractivity contribution in [3.05, 3.63) is 124 Å². The Morgan fingerprint density at radius 3 is 2.19 bits per heavy atom. The highest BCUT2D eigenvalue weighted by Gasteiger charge is 2.55. The Hall–Kier alpha value is -6.61. The molecule has 0 radical (unpaired) electrons. The van der Waals surface area contributed by atoms with Crippen molar-refractivity contribution in [2.24, 2.45) is 10.9 Å². The Kier molecular flexibility index (Phi) is 13.0. The number of oxime groups is 1. The maximum Gasteiger partial charge on any atom is 0.430 e. The van der Waals surface area contributed by atoms with Crippen LogP contribution in [0, 0.1) is 0 Å². The summed E-state index contributed by atoms with van der Waals surface area (Å²) in [5.41, 5.74) is 7.96. The Morgan fingerprint density at radius 1 is 1.03 bits per heavy atom. The molecule has 4 amide bonds. The maximum absolute atomic E-state index is 14.4. The molecule has 0 bridgehead atoms. The molecule has 0 unspecified atom stereocenters. The van der Waals surface area contributed by atoms with Gasteiger partial charge in [-0.25, -0.2) is 14.3 Å². The second kappa shape index (κ2) is 18.3. The van der Waals surface area contributed by atoms with Crippen molar-refractivity contribution in [2.75, 3.05) is 11.1 Å². The molecule has 3 aliphatic rings. The van der Waals surface area contributed by atoms with Crippen molar-refractivity contribution in [2.45, 2.75) is 49.2 Å². The molecule has 2 aromatic heterocycles. The molecule has 4 N–H and O–H groups in total. The Morgan fingerprint density at radius 2 is 1.64 bits per heavy atom. The molecule has 4 aromatic rings. The van der Waals surface area contributed by atoms with Gasteiger partial charge in [-0.15, -0.1) is 23.1 Å². The van der Waals surface area contributed by atoms with Crippen molar-refractivity contribution >= 4 is 70.0 Å². The van der Waals surface area contributed by atoms with Crippen LogP contribution >= 0.6 is 23.1 Å². The number of ether oxygens (including phenoxy) is 1. The largest absolute Gasteiger partial charge is 0.542 e. The maximum atomic E-state index is 14.4. The van der Waals surface area contributed by atoms with Crippen LogP contribution in [0.5, 0.6) is 0 Å². The molecule has 2 atom stereocenters. The Balaban J connectivity index is 0.000000768. The summed E-state index contributed by atoms with van der Waals surface area (Å²) in [4.78, 5) is 84.5. The van der Waals surface area contributed by atoms with E-state index in [2.05, 4.69) is 20.8 Å². The lowest BCUT2D eigenvalue weighted by Gasteiger charge is -2.49. The van der Waals surface area contributed by atoms with E-state index < -0.39 is 53.4 Å². The number of thioether (sulfide) groups is 1. The van der Waals surface area contributed by atoms with Crippen molar-refractivity contribution in [3.8, 4) is 0 Å². The number of carboxylic acids is 1. The van der Waals surface area contributed by atoms with Crippen LogP contribution in [0.2, 0.25) is 0 Å². The molecule has 1 aliphatic carbocycles. The number of rotatable bonds is 14. The van der Waals surface area contributed by atoms with Gasteiger partial charge in [-0.05, 0) is 24.0 Å². The minimum atomic E-state index is -5.19. The summed E-state index contributed by atoms with van der Waals surface area (Å²) >= 11 is 2.49. The van der Waals surface area contributed by atoms with Gasteiger partial charge in [0.2, 0.25) is 12.3 Å². The number of nitrogens with one attached hydrogen (secondary N) is 2. The molecular formula is C38H32F3N7O9S2. The van der Waals surface area contributed by atoms with Crippen LogP contribution in [-0.4, -0.2) is 81.1 Å². The fourth-order valence-corrected chi connectivity index (χ4v) is 7.69. The molecule has 1 saturated carbocycles. The smallest absolute Gasteiger partial charge is 0.430 e. The summed E-state index contributed by atoms with van der Waals surface area (Å²) in [5, 5.41) is 19.3. The zero-order valence-corrected chi connectivity index (χ0v) is 32.0. The fraction of sp³-hybridized carbons (Fsp3) is 0.237. The van der Waals surface area contributed by atoms with Gasteiger partial charge in [0, 0.05) is 28.8 Å². The molecule has 4 heterocycles. The van der Waals surface area contributed by atoms with Crippen LogP contribution in [0.3, 0.4) is 0 Å². The van der Waals surface area contributed by atoms with Gasteiger partial charge in [0.1, 0.15) is 34.9 Å². The lowest BCUT2D eigenvalue weighted by Crippen LogP contribution is -2.71. The zero-order chi connectivity index (χ0) is 42.3. The summed E-state index contributed by atoms with van der Waals surface area (Å²) in [5.74, 6) is -5.16. The lowest BCUT2D eigenvalue weighted by molar-refractivity contribution is -0.689. The number of carboxylic acid groups (broad SMARTS) is 1. The van der Waals surface area contributed by atoms with Gasteiger partial charge in [-0.2, -0.15) is 13.2 Å². The number of fused-ring (bicyclic) bond motifs is 1. The molecule has 1 saturated heterocycles. The first-order valence-electron chi connectivity index (χ1n) is 17.5. The van der Waals surface area contributed by atoms with Crippen molar-refractivity contribution in [1.29, 1.82) is 0 Å². The first-order chi connectivity index (χ1) is 28.2. The first kappa shape index (κ1) is 42.0. The van der Waals surface area contributed by atoms with Crippen molar-refractivity contribution in [3.63, 3.8) is 0 Å². The number of primary amides is 1. The number of β-lactam (4-membered cyclic amide) rings is 1.